The molecule has 0 aromatic heterocycles. The molecule has 1 heterocycles. The Hall–Kier alpha value is -1.51. The lowest BCUT2D eigenvalue weighted by Gasteiger charge is -2.23. The van der Waals surface area contributed by atoms with Crippen molar-refractivity contribution in [2.24, 2.45) is 17.8 Å². The molecule has 0 spiro atoms. The van der Waals surface area contributed by atoms with E-state index in [0.29, 0.717) is 12.0 Å². The lowest BCUT2D eigenvalue weighted by Crippen LogP contribution is -2.37. The fourth-order valence-electron chi connectivity index (χ4n) is 3.74. The summed E-state index contributed by atoms with van der Waals surface area (Å²) >= 11 is 0. The van der Waals surface area contributed by atoms with Crippen molar-refractivity contribution in [3.05, 3.63) is 0 Å². The lowest BCUT2D eigenvalue weighted by atomic mass is 9.85. The number of fused-ring (bicyclic) bond motifs is 5. The van der Waals surface area contributed by atoms with Gasteiger partial charge in [-0.05, 0) is 37.0 Å². The van der Waals surface area contributed by atoms with E-state index < -0.39 is 18.3 Å². The molecule has 2 saturated carbocycles. The molecular weight excluding hydrogens is 295 g/mol. The summed E-state index contributed by atoms with van der Waals surface area (Å²) in [4.78, 5) is 19.3. The summed E-state index contributed by atoms with van der Waals surface area (Å²) in [6.45, 7) is 0. The molecule has 0 aromatic carbocycles. The standard InChI is InChI=1S/C10H15NO3.C2HF3O2/c12-10(13)14-8-4-7-5-1-2-6(3-5)9(7)11-8;3-2(4,5)1(6)7/h5-9,11H,1-4H2,(H,12,13);(H,6,7)/t5-,6?,7-,8-,9+;/m0./s1. The van der Waals surface area contributed by atoms with Crippen LogP contribution in [-0.2, 0) is 9.53 Å². The number of nitrogens with one attached hydrogen (secondary N) is 1. The van der Waals surface area contributed by atoms with Gasteiger partial charge in [-0.2, -0.15) is 13.2 Å². The van der Waals surface area contributed by atoms with E-state index in [1.54, 1.807) is 0 Å². The molecule has 0 aromatic rings. The molecule has 0 amide bonds. The quantitative estimate of drug-likeness (QED) is 0.641. The molecule has 2 aliphatic carbocycles. The smallest absolute Gasteiger partial charge is 0.475 e. The molecule has 9 heteroatoms. The Morgan fingerprint density at radius 1 is 1.10 bits per heavy atom. The van der Waals surface area contributed by atoms with Crippen LogP contribution in [0.2, 0.25) is 0 Å². The van der Waals surface area contributed by atoms with Gasteiger partial charge in [0, 0.05) is 12.5 Å². The molecule has 2 bridgehead atoms. The van der Waals surface area contributed by atoms with E-state index in [0.717, 1.165) is 18.3 Å². The SMILES string of the molecule is O=C(O)C(F)(F)F.O=C(O)O[C@H]1C[C@H]2[C@H]3CCC(C3)[C@H]2N1. The minimum Gasteiger partial charge on any atom is -0.475 e. The van der Waals surface area contributed by atoms with Gasteiger partial charge in [0.1, 0.15) is 0 Å². The van der Waals surface area contributed by atoms with Crippen LogP contribution in [0.4, 0.5) is 18.0 Å². The third-order valence-electron chi connectivity index (χ3n) is 4.44. The van der Waals surface area contributed by atoms with Gasteiger partial charge >= 0.3 is 18.3 Å². The first-order chi connectivity index (χ1) is 9.68. The molecule has 3 rings (SSSR count). The van der Waals surface area contributed by atoms with Crippen LogP contribution in [0.3, 0.4) is 0 Å². The Kier molecular flexibility index (Phi) is 4.31. The second-order valence-corrected chi connectivity index (χ2v) is 5.60. The second kappa shape index (κ2) is 5.70. The zero-order valence-corrected chi connectivity index (χ0v) is 11.0. The fraction of sp³-hybridized carbons (Fsp3) is 0.833. The number of alkyl halides is 3. The Balaban J connectivity index is 0.000000199. The van der Waals surface area contributed by atoms with Gasteiger partial charge in [0.15, 0.2) is 6.23 Å². The Labute approximate surface area is 118 Å². The van der Waals surface area contributed by atoms with Gasteiger partial charge in [0.25, 0.3) is 0 Å². The van der Waals surface area contributed by atoms with Gasteiger partial charge < -0.3 is 14.9 Å². The van der Waals surface area contributed by atoms with Crippen molar-refractivity contribution in [2.45, 2.75) is 44.1 Å². The molecular formula is C12H16F3NO5. The summed E-state index contributed by atoms with van der Waals surface area (Å²) < 4.78 is 36.5. The second-order valence-electron chi connectivity index (χ2n) is 5.60. The number of hydrogen-bond donors (Lipinski definition) is 3. The van der Waals surface area contributed by atoms with Gasteiger partial charge in [0.2, 0.25) is 0 Å². The van der Waals surface area contributed by atoms with Crippen LogP contribution in [-0.4, -0.2) is 40.8 Å². The number of aliphatic carboxylic acids is 1. The maximum Gasteiger partial charge on any atom is 0.507 e. The first-order valence-corrected chi connectivity index (χ1v) is 6.64. The average molecular weight is 311 g/mol. The van der Waals surface area contributed by atoms with Crippen LogP contribution in [0.15, 0.2) is 0 Å². The van der Waals surface area contributed by atoms with E-state index in [4.69, 9.17) is 19.7 Å². The number of rotatable bonds is 1. The van der Waals surface area contributed by atoms with Gasteiger partial charge in [0.05, 0.1) is 0 Å². The van der Waals surface area contributed by atoms with Crippen LogP contribution in [0.1, 0.15) is 25.7 Å². The summed E-state index contributed by atoms with van der Waals surface area (Å²) in [7, 11) is 0. The first kappa shape index (κ1) is 15.9. The highest BCUT2D eigenvalue weighted by Crippen LogP contribution is 2.52. The van der Waals surface area contributed by atoms with Crippen LogP contribution < -0.4 is 5.32 Å². The van der Waals surface area contributed by atoms with Crippen molar-refractivity contribution in [2.75, 3.05) is 0 Å². The molecule has 3 fully saturated rings. The molecule has 3 aliphatic rings. The minimum atomic E-state index is -5.08. The maximum absolute atomic E-state index is 10.6. The largest absolute Gasteiger partial charge is 0.507 e. The van der Waals surface area contributed by atoms with Crippen molar-refractivity contribution in [3.63, 3.8) is 0 Å². The van der Waals surface area contributed by atoms with E-state index in [2.05, 4.69) is 5.32 Å². The third kappa shape index (κ3) is 3.58. The van der Waals surface area contributed by atoms with Gasteiger partial charge in [-0.1, -0.05) is 0 Å². The highest BCUT2D eigenvalue weighted by atomic mass is 19.4. The van der Waals surface area contributed by atoms with Crippen molar-refractivity contribution in [1.82, 2.24) is 5.32 Å². The number of carboxylic acid groups (broad SMARTS) is 2. The van der Waals surface area contributed by atoms with Crippen molar-refractivity contribution in [1.29, 1.82) is 0 Å². The molecule has 6 nitrogen and oxygen atoms in total. The average Bonchev–Trinajstić information content (AvgIpc) is 2.97. The van der Waals surface area contributed by atoms with Crippen molar-refractivity contribution >= 4 is 12.1 Å². The Morgan fingerprint density at radius 2 is 1.67 bits per heavy atom. The zero-order chi connectivity index (χ0) is 15.8. The predicted molar refractivity (Wildman–Crippen MR) is 62.5 cm³/mol. The summed E-state index contributed by atoms with van der Waals surface area (Å²) in [5, 5.41) is 19.0. The molecule has 1 unspecified atom stereocenters. The molecule has 1 aliphatic heterocycles. The summed E-state index contributed by atoms with van der Waals surface area (Å²) in [5.41, 5.74) is 0. The third-order valence-corrected chi connectivity index (χ3v) is 4.44. The van der Waals surface area contributed by atoms with Crippen LogP contribution in [0.25, 0.3) is 0 Å². The number of halogens is 3. The Bertz CT molecular complexity index is 410. The van der Waals surface area contributed by atoms with E-state index >= 15 is 0 Å². The van der Waals surface area contributed by atoms with Gasteiger partial charge in [-0.25, -0.2) is 9.59 Å². The molecule has 120 valence electrons. The van der Waals surface area contributed by atoms with Crippen LogP contribution in [0, 0.1) is 17.8 Å². The first-order valence-electron chi connectivity index (χ1n) is 6.64. The minimum absolute atomic E-state index is 0.245. The van der Waals surface area contributed by atoms with E-state index in [9.17, 15) is 18.0 Å². The lowest BCUT2D eigenvalue weighted by molar-refractivity contribution is -0.192. The molecule has 1 saturated heterocycles. The van der Waals surface area contributed by atoms with Crippen molar-refractivity contribution < 1.29 is 37.7 Å². The molecule has 5 atom stereocenters. The van der Waals surface area contributed by atoms with Gasteiger partial charge in [-0.15, -0.1) is 0 Å². The summed E-state index contributed by atoms with van der Waals surface area (Å²) in [6, 6.07) is 0.540. The number of ether oxygens (including phenoxy) is 1. The Morgan fingerprint density at radius 3 is 2.14 bits per heavy atom. The maximum atomic E-state index is 10.6. The zero-order valence-electron chi connectivity index (χ0n) is 11.0. The number of carboxylic acids is 1. The molecule has 3 N–H and O–H groups in total. The monoisotopic (exact) mass is 311 g/mol. The van der Waals surface area contributed by atoms with Crippen LogP contribution >= 0.6 is 0 Å². The predicted octanol–water partition coefficient (Wildman–Crippen LogP) is 2.05. The number of carbonyl (C=O) groups is 2. The van der Waals surface area contributed by atoms with Crippen LogP contribution in [0.5, 0.6) is 0 Å². The van der Waals surface area contributed by atoms with Gasteiger partial charge in [-0.3, -0.25) is 5.32 Å². The highest BCUT2D eigenvalue weighted by Gasteiger charge is 2.52. The number of hydrogen-bond acceptors (Lipinski definition) is 4. The van der Waals surface area contributed by atoms with E-state index in [1.807, 2.05) is 0 Å². The summed E-state index contributed by atoms with van der Waals surface area (Å²) in [5.74, 6) is -0.460. The van der Waals surface area contributed by atoms with E-state index in [1.165, 1.54) is 19.3 Å². The molecule has 21 heavy (non-hydrogen) atoms. The summed E-state index contributed by atoms with van der Waals surface area (Å²) in [6.07, 6.45) is -1.59. The topological polar surface area (TPSA) is 95.9 Å². The normalized spacial score (nSPS) is 36.6. The molecule has 0 radical (unpaired) electrons. The van der Waals surface area contributed by atoms with Crippen molar-refractivity contribution in [3.8, 4) is 0 Å². The van der Waals surface area contributed by atoms with E-state index in [-0.39, 0.29) is 6.23 Å². The highest BCUT2D eigenvalue weighted by molar-refractivity contribution is 5.73. The fourth-order valence-corrected chi connectivity index (χ4v) is 3.74.